The number of aromatic nitrogens is 1. The number of hydrogen-bond acceptors (Lipinski definition) is 8. The number of nitrogens with zero attached hydrogens (tertiary/aromatic N) is 1. The van der Waals surface area contributed by atoms with E-state index in [2.05, 4.69) is 15.4 Å². The number of anilines is 1. The molecule has 0 radical (unpaired) electrons. The number of fused-ring (bicyclic) bond motifs is 1. The Balaban J connectivity index is 1.42. The van der Waals surface area contributed by atoms with Crippen LogP contribution in [0.2, 0.25) is 0 Å². The van der Waals surface area contributed by atoms with Gasteiger partial charge in [0.1, 0.15) is 17.1 Å². The first-order chi connectivity index (χ1) is 19.4. The highest BCUT2D eigenvalue weighted by atomic mass is 32.1. The lowest BCUT2D eigenvalue weighted by Crippen LogP contribution is -2.67. The SMILES string of the molecule is COc1ccc(-c2cnsc2-c2cc(OC)c(OC)c(OC)c2)cc1NC(=O)[C@H]([NH3+])Cc1cc2ccccc2o1. The number of quaternary nitrogens is 1. The molecular formula is C30H30N3O6S+. The van der Waals surface area contributed by atoms with E-state index < -0.39 is 6.04 Å². The highest BCUT2D eigenvalue weighted by Gasteiger charge is 2.23. The third kappa shape index (κ3) is 5.31. The lowest BCUT2D eigenvalue weighted by atomic mass is 10.0. The second kappa shape index (κ2) is 11.7. The Morgan fingerprint density at radius 2 is 1.65 bits per heavy atom. The molecule has 0 saturated heterocycles. The van der Waals surface area contributed by atoms with Gasteiger partial charge in [-0.25, -0.2) is 0 Å². The standard InChI is InChI=1S/C30H29N3O6S/c1-35-25-10-9-17(21-16-32-40-29(21)19-13-26(36-2)28(38-4)27(14-19)37-3)12-23(25)33-30(34)22(31)15-20-11-18-7-5-6-8-24(18)39-20/h5-14,16,22H,15,31H2,1-4H3,(H,33,34)/p+1/t22-/m1/s1. The van der Waals surface area contributed by atoms with Crippen molar-refractivity contribution in [2.75, 3.05) is 33.8 Å². The summed E-state index contributed by atoms with van der Waals surface area (Å²) in [5.41, 5.74) is 7.98. The number of benzene rings is 3. The number of amides is 1. The fourth-order valence-electron chi connectivity index (χ4n) is 4.55. The predicted molar refractivity (Wildman–Crippen MR) is 154 cm³/mol. The maximum absolute atomic E-state index is 13.2. The van der Waals surface area contributed by atoms with Gasteiger partial charge in [-0.3, -0.25) is 4.79 Å². The van der Waals surface area contributed by atoms with Gasteiger partial charge < -0.3 is 34.4 Å². The van der Waals surface area contributed by atoms with E-state index >= 15 is 0 Å². The van der Waals surface area contributed by atoms with Crippen LogP contribution in [-0.2, 0) is 11.2 Å². The smallest absolute Gasteiger partial charge is 0.283 e. The molecule has 0 aliphatic rings. The number of hydrogen-bond donors (Lipinski definition) is 2. The summed E-state index contributed by atoms with van der Waals surface area (Å²) >= 11 is 1.35. The molecular weight excluding hydrogens is 530 g/mol. The number of furan rings is 1. The van der Waals surface area contributed by atoms with Crippen LogP contribution in [0.3, 0.4) is 0 Å². The second-order valence-corrected chi connectivity index (χ2v) is 9.84. The maximum Gasteiger partial charge on any atom is 0.283 e. The number of methoxy groups -OCH3 is 4. The van der Waals surface area contributed by atoms with Gasteiger partial charge in [-0.05, 0) is 53.5 Å². The minimum atomic E-state index is -0.577. The van der Waals surface area contributed by atoms with Gasteiger partial charge >= 0.3 is 0 Å². The molecule has 0 bridgehead atoms. The molecule has 206 valence electrons. The summed E-state index contributed by atoms with van der Waals surface area (Å²) in [4.78, 5) is 14.1. The molecule has 0 fully saturated rings. The first kappa shape index (κ1) is 27.0. The van der Waals surface area contributed by atoms with Crippen molar-refractivity contribution in [2.45, 2.75) is 12.5 Å². The predicted octanol–water partition coefficient (Wildman–Crippen LogP) is 5.05. The van der Waals surface area contributed by atoms with E-state index in [9.17, 15) is 4.79 Å². The molecule has 1 amide bonds. The maximum atomic E-state index is 13.2. The average Bonchev–Trinajstić information content (AvgIpc) is 3.63. The molecule has 4 N–H and O–H groups in total. The third-order valence-electron chi connectivity index (χ3n) is 6.56. The number of para-hydroxylation sites is 1. The van der Waals surface area contributed by atoms with E-state index in [1.807, 2.05) is 60.7 Å². The second-order valence-electron chi connectivity index (χ2n) is 9.04. The fraction of sp³-hybridized carbons (Fsp3) is 0.200. The van der Waals surface area contributed by atoms with E-state index in [0.29, 0.717) is 40.9 Å². The minimum absolute atomic E-state index is 0.246. The van der Waals surface area contributed by atoms with Crippen molar-refractivity contribution in [2.24, 2.45) is 0 Å². The largest absolute Gasteiger partial charge is 0.495 e. The van der Waals surface area contributed by atoms with Crippen LogP contribution in [0.1, 0.15) is 5.76 Å². The van der Waals surface area contributed by atoms with E-state index in [-0.39, 0.29) is 5.91 Å². The van der Waals surface area contributed by atoms with E-state index in [0.717, 1.165) is 32.5 Å². The zero-order valence-corrected chi connectivity index (χ0v) is 23.5. The monoisotopic (exact) mass is 560 g/mol. The molecule has 3 aromatic carbocycles. The van der Waals surface area contributed by atoms with Gasteiger partial charge in [0, 0.05) is 22.7 Å². The van der Waals surface area contributed by atoms with Crippen molar-refractivity contribution >= 4 is 34.1 Å². The van der Waals surface area contributed by atoms with Gasteiger partial charge in [-0.15, -0.1) is 0 Å². The van der Waals surface area contributed by atoms with E-state index in [1.54, 1.807) is 34.6 Å². The molecule has 0 spiro atoms. The van der Waals surface area contributed by atoms with Crippen LogP contribution in [0.15, 0.2) is 71.3 Å². The quantitative estimate of drug-likeness (QED) is 0.245. The van der Waals surface area contributed by atoms with Crippen LogP contribution in [0.5, 0.6) is 23.0 Å². The molecule has 1 atom stereocenters. The van der Waals surface area contributed by atoms with Gasteiger partial charge in [0.05, 0.1) is 45.4 Å². The summed E-state index contributed by atoms with van der Waals surface area (Å²) in [6.45, 7) is 0. The number of carbonyl (C=O) groups is 1. The Morgan fingerprint density at radius 3 is 2.33 bits per heavy atom. The lowest BCUT2D eigenvalue weighted by Gasteiger charge is -2.15. The normalized spacial score (nSPS) is 11.7. The Hall–Kier alpha value is -4.54. The average molecular weight is 561 g/mol. The van der Waals surface area contributed by atoms with Gasteiger partial charge in [0.25, 0.3) is 5.91 Å². The molecule has 9 nitrogen and oxygen atoms in total. The fourth-order valence-corrected chi connectivity index (χ4v) is 5.30. The van der Waals surface area contributed by atoms with E-state index in [4.69, 9.17) is 23.4 Å². The number of carbonyl (C=O) groups excluding carboxylic acids is 1. The Labute approximate surface area is 235 Å². The molecule has 40 heavy (non-hydrogen) atoms. The summed E-state index contributed by atoms with van der Waals surface area (Å²) < 4.78 is 32.4. The van der Waals surface area contributed by atoms with Crippen LogP contribution < -0.4 is 30.0 Å². The number of ether oxygens (including phenoxy) is 4. The highest BCUT2D eigenvalue weighted by Crippen LogP contribution is 2.45. The van der Waals surface area contributed by atoms with E-state index in [1.165, 1.54) is 11.5 Å². The first-order valence-electron chi connectivity index (χ1n) is 12.5. The van der Waals surface area contributed by atoms with Crippen LogP contribution in [0, 0.1) is 0 Å². The van der Waals surface area contributed by atoms with Crippen molar-refractivity contribution in [1.29, 1.82) is 0 Å². The Morgan fingerprint density at radius 1 is 0.925 bits per heavy atom. The van der Waals surface area contributed by atoms with Crippen LogP contribution in [0.25, 0.3) is 32.5 Å². The molecule has 2 heterocycles. The van der Waals surface area contributed by atoms with Crippen LogP contribution in [-0.4, -0.2) is 44.8 Å². The molecule has 0 saturated carbocycles. The van der Waals surface area contributed by atoms with Gasteiger partial charge in [0.2, 0.25) is 5.75 Å². The zero-order chi connectivity index (χ0) is 28.2. The molecule has 5 rings (SSSR count). The van der Waals surface area contributed by atoms with Crippen LogP contribution in [0.4, 0.5) is 5.69 Å². The van der Waals surface area contributed by atoms with Gasteiger partial charge in [-0.2, -0.15) is 4.37 Å². The molecule has 0 aliphatic carbocycles. The summed E-state index contributed by atoms with van der Waals surface area (Å²) in [5, 5.41) is 3.98. The topological polar surface area (TPSA) is 120 Å². The Kier molecular flexibility index (Phi) is 7.90. The number of nitrogens with one attached hydrogen (secondary N) is 1. The summed E-state index contributed by atoms with van der Waals surface area (Å²) in [6.07, 6.45) is 2.16. The van der Waals surface area contributed by atoms with Crippen molar-refractivity contribution in [1.82, 2.24) is 4.37 Å². The van der Waals surface area contributed by atoms with Crippen molar-refractivity contribution in [3.63, 3.8) is 0 Å². The molecule has 2 aromatic heterocycles. The summed E-state index contributed by atoms with van der Waals surface area (Å²) in [7, 11) is 6.29. The minimum Gasteiger partial charge on any atom is -0.495 e. The van der Waals surface area contributed by atoms with Gasteiger partial charge in [-0.1, -0.05) is 24.3 Å². The first-order valence-corrected chi connectivity index (χ1v) is 13.3. The highest BCUT2D eigenvalue weighted by molar-refractivity contribution is 7.10. The number of rotatable bonds is 10. The molecule has 5 aromatic rings. The van der Waals surface area contributed by atoms with Crippen molar-refractivity contribution in [3.8, 4) is 44.6 Å². The summed E-state index contributed by atoms with van der Waals surface area (Å²) in [6, 6.07) is 18.5. The molecule has 10 heteroatoms. The summed E-state index contributed by atoms with van der Waals surface area (Å²) in [5.74, 6) is 2.60. The zero-order valence-electron chi connectivity index (χ0n) is 22.6. The lowest BCUT2D eigenvalue weighted by molar-refractivity contribution is -0.402. The van der Waals surface area contributed by atoms with Gasteiger partial charge in [0.15, 0.2) is 17.5 Å². The Bertz CT molecular complexity index is 1600. The molecule has 0 unspecified atom stereocenters. The van der Waals surface area contributed by atoms with Crippen LogP contribution >= 0.6 is 11.5 Å². The van der Waals surface area contributed by atoms with Crippen molar-refractivity contribution < 1.29 is 33.9 Å². The molecule has 0 aliphatic heterocycles. The van der Waals surface area contributed by atoms with Crippen molar-refractivity contribution in [3.05, 3.63) is 72.6 Å². The third-order valence-corrected chi connectivity index (χ3v) is 7.41.